The van der Waals surface area contributed by atoms with Crippen molar-refractivity contribution in [3.8, 4) is 0 Å². The van der Waals surface area contributed by atoms with Crippen LogP contribution in [-0.2, 0) is 28.6 Å². The van der Waals surface area contributed by atoms with Crippen LogP contribution in [0.2, 0.25) is 0 Å². The molecule has 0 aliphatic carbocycles. The van der Waals surface area contributed by atoms with Gasteiger partial charge >= 0.3 is 11.9 Å². The fraction of sp³-hybridized carbons (Fsp3) is 0.754. The smallest absolute Gasteiger partial charge is 0.306 e. The van der Waals surface area contributed by atoms with Gasteiger partial charge in [-0.15, -0.1) is 0 Å². The lowest BCUT2D eigenvalue weighted by Gasteiger charge is -2.34. The molecule has 8 heteroatoms. The maximum Gasteiger partial charge on any atom is 0.306 e. The zero-order valence-electron chi connectivity index (χ0n) is 45.5. The molecule has 398 valence electrons. The van der Waals surface area contributed by atoms with E-state index in [1.165, 1.54) is 128 Å². The number of hydrogen-bond acceptors (Lipinski definition) is 7. The first-order valence-electron chi connectivity index (χ1n) is 28.5. The molecule has 0 saturated heterocycles. The van der Waals surface area contributed by atoms with Crippen LogP contribution in [-0.4, -0.2) is 75.5 Å². The number of unbranched alkanes of at least 4 members (excludes halogenated alkanes) is 25. The summed E-state index contributed by atoms with van der Waals surface area (Å²) in [7, 11) is 5.42. The van der Waals surface area contributed by atoms with Gasteiger partial charge in [-0.1, -0.05) is 215 Å². The van der Waals surface area contributed by atoms with E-state index in [0.717, 1.165) is 83.5 Å². The van der Waals surface area contributed by atoms with E-state index in [-0.39, 0.29) is 42.7 Å². The molecule has 0 amide bonds. The predicted molar refractivity (Wildman–Crippen MR) is 291 cm³/mol. The number of nitrogens with zero attached hydrogens (tertiary/aromatic N) is 1. The summed E-state index contributed by atoms with van der Waals surface area (Å²) in [5.74, 6) is -1.75. The van der Waals surface area contributed by atoms with E-state index in [1.807, 2.05) is 0 Å². The fourth-order valence-corrected chi connectivity index (χ4v) is 8.21. The summed E-state index contributed by atoms with van der Waals surface area (Å²) in [6.07, 6.45) is 66.5. The van der Waals surface area contributed by atoms with Crippen LogP contribution in [0.5, 0.6) is 0 Å². The van der Waals surface area contributed by atoms with Gasteiger partial charge in [-0.3, -0.25) is 9.59 Å². The van der Waals surface area contributed by atoms with E-state index in [0.29, 0.717) is 12.8 Å². The fourth-order valence-electron chi connectivity index (χ4n) is 8.21. The molecule has 0 aliphatic heterocycles. The van der Waals surface area contributed by atoms with Crippen LogP contribution >= 0.6 is 0 Å². The third-order valence-electron chi connectivity index (χ3n) is 12.6. The third kappa shape index (κ3) is 49.5. The number of likely N-dealkylation sites (N-methyl/N-ethyl adjacent to an activating group) is 1. The molecule has 0 aliphatic rings. The summed E-state index contributed by atoms with van der Waals surface area (Å²) < 4.78 is 17.3. The number of allylic oxidation sites excluding steroid dienone is 12. The average molecular weight is 967 g/mol. The van der Waals surface area contributed by atoms with E-state index >= 15 is 0 Å². The minimum Gasteiger partial charge on any atom is -0.544 e. The normalized spacial score (nSPS) is 13.3. The standard InChI is InChI=1S/C61H107NO7/c1-6-8-10-12-14-16-18-20-22-24-26-28-30-32-34-36-38-40-42-44-46-48-50-52-60(64)69-57(55-67-54-53-58(61(65)66)62(3,4)5)56-68-59(63)51-49-47-45-43-41-39-37-35-33-31-29-27-25-23-21-19-17-15-13-11-9-7-2/h9,11,15,17,21,23,26-29,32,34,57-58H,6-8,10,12-14,16,18-20,22,24-25,30-31,33,35-56H2,1-5H3/b11-9+,17-15+,23-21+,28-26+,29-27+,34-32+. The average Bonchev–Trinajstić information content (AvgIpc) is 3.31. The maximum absolute atomic E-state index is 12.8. The molecule has 0 rings (SSSR count). The van der Waals surface area contributed by atoms with Crippen LogP contribution in [0, 0.1) is 0 Å². The van der Waals surface area contributed by atoms with E-state index in [9.17, 15) is 19.5 Å². The lowest BCUT2D eigenvalue weighted by molar-refractivity contribution is -0.889. The Labute approximate surface area is 425 Å². The summed E-state index contributed by atoms with van der Waals surface area (Å²) in [4.78, 5) is 37.2. The van der Waals surface area contributed by atoms with Gasteiger partial charge in [0.15, 0.2) is 6.10 Å². The molecule has 0 fully saturated rings. The molecule has 2 unspecified atom stereocenters. The Balaban J connectivity index is 4.22. The van der Waals surface area contributed by atoms with Gasteiger partial charge in [-0.25, -0.2) is 0 Å². The first-order valence-corrected chi connectivity index (χ1v) is 28.5. The monoisotopic (exact) mass is 966 g/mol. The Morgan fingerprint density at radius 1 is 0.449 bits per heavy atom. The van der Waals surface area contributed by atoms with E-state index in [4.69, 9.17) is 14.2 Å². The molecule has 0 radical (unpaired) electrons. The highest BCUT2D eigenvalue weighted by Crippen LogP contribution is 2.15. The van der Waals surface area contributed by atoms with Crippen LogP contribution in [0.15, 0.2) is 72.9 Å². The minimum atomic E-state index is -1.13. The topological polar surface area (TPSA) is 102 Å². The maximum atomic E-state index is 12.8. The number of aliphatic carboxylic acids is 1. The van der Waals surface area contributed by atoms with E-state index in [1.54, 1.807) is 21.1 Å². The number of carbonyl (C=O) groups excluding carboxylic acids is 3. The molecule has 0 saturated carbocycles. The summed E-state index contributed by atoms with van der Waals surface area (Å²) in [6.45, 7) is 4.56. The molecule has 0 aromatic carbocycles. The quantitative estimate of drug-likeness (QED) is 0.0259. The van der Waals surface area contributed by atoms with Crippen molar-refractivity contribution in [2.45, 2.75) is 257 Å². The van der Waals surface area contributed by atoms with Gasteiger partial charge in [0.1, 0.15) is 12.6 Å². The van der Waals surface area contributed by atoms with Crippen LogP contribution in [0.4, 0.5) is 0 Å². The highest BCUT2D eigenvalue weighted by molar-refractivity contribution is 5.70. The third-order valence-corrected chi connectivity index (χ3v) is 12.6. The molecule has 69 heavy (non-hydrogen) atoms. The van der Waals surface area contributed by atoms with Crippen LogP contribution in [0.1, 0.15) is 245 Å². The molecular weight excluding hydrogens is 859 g/mol. The Morgan fingerprint density at radius 2 is 0.812 bits per heavy atom. The molecule has 0 N–H and O–H groups in total. The van der Waals surface area contributed by atoms with Crippen molar-refractivity contribution in [2.75, 3.05) is 41.0 Å². The molecule has 8 nitrogen and oxygen atoms in total. The summed E-state index contributed by atoms with van der Waals surface area (Å²) in [6, 6.07) is -0.732. The first kappa shape index (κ1) is 65.8. The van der Waals surface area contributed by atoms with Crippen molar-refractivity contribution in [1.29, 1.82) is 0 Å². The second-order valence-corrected chi connectivity index (χ2v) is 20.1. The summed E-state index contributed by atoms with van der Waals surface area (Å²) >= 11 is 0. The van der Waals surface area contributed by atoms with E-state index in [2.05, 4.69) is 86.8 Å². The van der Waals surface area contributed by atoms with Gasteiger partial charge < -0.3 is 28.6 Å². The largest absolute Gasteiger partial charge is 0.544 e. The zero-order chi connectivity index (χ0) is 50.6. The van der Waals surface area contributed by atoms with Gasteiger partial charge in [-0.2, -0.15) is 0 Å². The summed E-state index contributed by atoms with van der Waals surface area (Å²) in [5, 5.41) is 11.7. The number of carboxylic acid groups (broad SMARTS) is 1. The molecular formula is C61H107NO7. The molecule has 0 aromatic heterocycles. The van der Waals surface area contributed by atoms with Crippen molar-refractivity contribution >= 4 is 17.9 Å². The molecule has 0 aromatic rings. The van der Waals surface area contributed by atoms with E-state index < -0.39 is 18.1 Å². The van der Waals surface area contributed by atoms with Crippen molar-refractivity contribution in [2.24, 2.45) is 0 Å². The van der Waals surface area contributed by atoms with Crippen LogP contribution in [0.3, 0.4) is 0 Å². The molecule has 0 bridgehead atoms. The predicted octanol–water partition coefficient (Wildman–Crippen LogP) is 15.7. The summed E-state index contributed by atoms with van der Waals surface area (Å²) in [5.41, 5.74) is 0. The van der Waals surface area contributed by atoms with Crippen molar-refractivity contribution in [3.05, 3.63) is 72.9 Å². The highest BCUT2D eigenvalue weighted by Gasteiger charge is 2.25. The van der Waals surface area contributed by atoms with Crippen molar-refractivity contribution < 1.29 is 38.2 Å². The molecule has 0 spiro atoms. The molecule has 0 heterocycles. The second kappa shape index (κ2) is 51.1. The van der Waals surface area contributed by atoms with Gasteiger partial charge in [-0.05, 0) is 83.5 Å². The van der Waals surface area contributed by atoms with Gasteiger partial charge in [0.25, 0.3) is 0 Å². The zero-order valence-corrected chi connectivity index (χ0v) is 45.5. The number of rotatable bonds is 51. The van der Waals surface area contributed by atoms with Gasteiger partial charge in [0.05, 0.1) is 40.3 Å². The lowest BCUT2D eigenvalue weighted by Crippen LogP contribution is -2.55. The Kier molecular flexibility index (Phi) is 48.7. The first-order chi connectivity index (χ1) is 33.6. The van der Waals surface area contributed by atoms with Gasteiger partial charge in [0.2, 0.25) is 0 Å². The number of carbonyl (C=O) groups is 3. The number of quaternary nitrogens is 1. The Bertz CT molecular complexity index is 1360. The Morgan fingerprint density at radius 3 is 1.20 bits per heavy atom. The Hall–Kier alpha value is -3.23. The number of carboxylic acids is 1. The van der Waals surface area contributed by atoms with Crippen molar-refractivity contribution in [1.82, 2.24) is 0 Å². The minimum absolute atomic E-state index is 0.0334. The number of hydrogen-bond donors (Lipinski definition) is 0. The highest BCUT2D eigenvalue weighted by atomic mass is 16.6. The number of ether oxygens (including phenoxy) is 3. The van der Waals surface area contributed by atoms with Crippen LogP contribution < -0.4 is 5.11 Å². The second-order valence-electron chi connectivity index (χ2n) is 20.1. The molecule has 2 atom stereocenters. The number of esters is 2. The van der Waals surface area contributed by atoms with Gasteiger partial charge in [0, 0.05) is 19.3 Å². The van der Waals surface area contributed by atoms with Crippen LogP contribution in [0.25, 0.3) is 0 Å². The SMILES string of the molecule is CC/C=C/C/C=C/C/C=C/C/C=C/CCCCCCCCCCCC(=O)OCC(COCCC(C(=O)[O-])[N+](C)(C)C)OC(=O)CCCCCCCCC/C=C/C/C=C/CCCCCCCCCCC. The lowest BCUT2D eigenvalue weighted by atomic mass is 10.1. The van der Waals surface area contributed by atoms with Crippen molar-refractivity contribution in [3.63, 3.8) is 0 Å².